The van der Waals surface area contributed by atoms with Gasteiger partial charge < -0.3 is 19.4 Å². The first-order valence-electron chi connectivity index (χ1n) is 11.4. The summed E-state index contributed by atoms with van der Waals surface area (Å²) in [6, 6.07) is 3.02. The molecule has 1 N–H and O–H groups in total. The molecule has 2 aliphatic rings. The number of halogens is 2. The van der Waals surface area contributed by atoms with Crippen LogP contribution in [-0.2, 0) is 16.8 Å². The molecule has 2 aromatic rings. The molecule has 0 aliphatic carbocycles. The summed E-state index contributed by atoms with van der Waals surface area (Å²) in [5, 5.41) is 5.67. The number of hydrogen-bond donors (Lipinski definition) is 1. The zero-order chi connectivity index (χ0) is 25.3. The number of benzene rings is 1. The van der Waals surface area contributed by atoms with Crippen LogP contribution in [0.15, 0.2) is 29.2 Å². The standard InChI is InChI=1S/C24H28F2N4O5/c1-4-5-8-35-21-19-23(33)30(28(2)3)12-24(13-34-14-24)29(19)11-17(20(21)31)22(32)27-10-15-6-7-16(25)9-18(15)26/h6-7,9,11H,4-5,8,10,12-14H2,1-3H3,(H,27,32). The SMILES string of the molecule is CCCCOc1c2n(cc(C(=O)NCc3ccc(F)cc3F)c1=O)C1(COC1)CN(N(C)C)C2=O. The van der Waals surface area contributed by atoms with Gasteiger partial charge in [-0.2, -0.15) is 0 Å². The lowest BCUT2D eigenvalue weighted by atomic mass is 9.92. The molecule has 1 saturated heterocycles. The highest BCUT2D eigenvalue weighted by Crippen LogP contribution is 2.36. The van der Waals surface area contributed by atoms with E-state index in [0.29, 0.717) is 13.0 Å². The molecule has 1 fully saturated rings. The molecule has 4 rings (SSSR count). The lowest BCUT2D eigenvalue weighted by molar-refractivity contribution is -0.138. The van der Waals surface area contributed by atoms with Crippen molar-refractivity contribution in [3.05, 3.63) is 63.1 Å². The van der Waals surface area contributed by atoms with E-state index in [1.165, 1.54) is 17.3 Å². The van der Waals surface area contributed by atoms with Gasteiger partial charge in [0.15, 0.2) is 11.4 Å². The second-order valence-corrected chi connectivity index (χ2v) is 8.97. The van der Waals surface area contributed by atoms with E-state index in [4.69, 9.17) is 9.47 Å². The van der Waals surface area contributed by atoms with Crippen LogP contribution >= 0.6 is 0 Å². The highest BCUT2D eigenvalue weighted by molar-refractivity contribution is 5.99. The van der Waals surface area contributed by atoms with Crippen molar-refractivity contribution in [3.8, 4) is 5.75 Å². The van der Waals surface area contributed by atoms with Gasteiger partial charge in [0.25, 0.3) is 11.8 Å². The zero-order valence-electron chi connectivity index (χ0n) is 19.9. The van der Waals surface area contributed by atoms with Crippen LogP contribution in [0, 0.1) is 11.6 Å². The first kappa shape index (κ1) is 24.8. The molecule has 1 aromatic carbocycles. The maximum atomic E-state index is 14.0. The average Bonchev–Trinajstić information content (AvgIpc) is 2.78. The quantitative estimate of drug-likeness (QED) is 0.569. The topological polar surface area (TPSA) is 93.1 Å². The van der Waals surface area contributed by atoms with Gasteiger partial charge in [0, 0.05) is 38.5 Å². The van der Waals surface area contributed by atoms with E-state index in [-0.39, 0.29) is 48.9 Å². The van der Waals surface area contributed by atoms with Gasteiger partial charge >= 0.3 is 0 Å². The van der Waals surface area contributed by atoms with Crippen LogP contribution in [-0.4, -0.2) is 66.9 Å². The Balaban J connectivity index is 1.75. The predicted molar refractivity (Wildman–Crippen MR) is 122 cm³/mol. The first-order valence-corrected chi connectivity index (χ1v) is 11.4. The number of hydrazine groups is 1. The van der Waals surface area contributed by atoms with E-state index < -0.39 is 34.4 Å². The van der Waals surface area contributed by atoms with Gasteiger partial charge in [0.1, 0.15) is 22.7 Å². The van der Waals surface area contributed by atoms with Crippen molar-refractivity contribution in [2.45, 2.75) is 31.8 Å². The summed E-state index contributed by atoms with van der Waals surface area (Å²) in [5.41, 5.74) is -1.50. The average molecular weight is 491 g/mol. The second kappa shape index (κ2) is 9.74. The number of ether oxygens (including phenoxy) is 2. The van der Waals surface area contributed by atoms with Crippen LogP contribution in [0.4, 0.5) is 8.78 Å². The Morgan fingerprint density at radius 2 is 2.00 bits per heavy atom. The lowest BCUT2D eigenvalue weighted by Crippen LogP contribution is -2.66. The fourth-order valence-electron chi connectivity index (χ4n) is 4.16. The normalized spacial score (nSPS) is 16.3. The largest absolute Gasteiger partial charge is 0.487 e. The number of fused-ring (bicyclic) bond motifs is 2. The number of nitrogens with zero attached hydrogens (tertiary/aromatic N) is 3. The van der Waals surface area contributed by atoms with Gasteiger partial charge in [-0.15, -0.1) is 0 Å². The van der Waals surface area contributed by atoms with Gasteiger partial charge in [-0.1, -0.05) is 19.4 Å². The van der Waals surface area contributed by atoms with Crippen molar-refractivity contribution in [3.63, 3.8) is 0 Å². The molecule has 188 valence electrons. The molecule has 2 aliphatic heterocycles. The van der Waals surface area contributed by atoms with Crippen molar-refractivity contribution in [1.29, 1.82) is 0 Å². The summed E-state index contributed by atoms with van der Waals surface area (Å²) in [5.74, 6) is -2.91. The summed E-state index contributed by atoms with van der Waals surface area (Å²) < 4.78 is 40.1. The van der Waals surface area contributed by atoms with E-state index in [2.05, 4.69) is 5.32 Å². The van der Waals surface area contributed by atoms with Gasteiger partial charge in [0.2, 0.25) is 5.43 Å². The van der Waals surface area contributed by atoms with Gasteiger partial charge in [-0.25, -0.2) is 13.8 Å². The number of aromatic nitrogens is 1. The first-order chi connectivity index (χ1) is 16.7. The van der Waals surface area contributed by atoms with E-state index in [0.717, 1.165) is 18.6 Å². The molecule has 0 radical (unpaired) electrons. The third kappa shape index (κ3) is 4.53. The van der Waals surface area contributed by atoms with E-state index in [9.17, 15) is 23.2 Å². The highest BCUT2D eigenvalue weighted by Gasteiger charge is 2.50. The Kier molecular flexibility index (Phi) is 6.91. The molecule has 1 aromatic heterocycles. The lowest BCUT2D eigenvalue weighted by Gasteiger charge is -2.51. The maximum Gasteiger partial charge on any atom is 0.288 e. The molecular weight excluding hydrogens is 462 g/mol. The highest BCUT2D eigenvalue weighted by atomic mass is 19.1. The molecule has 0 bridgehead atoms. The van der Waals surface area contributed by atoms with Gasteiger partial charge in [0.05, 0.1) is 26.4 Å². The van der Waals surface area contributed by atoms with Gasteiger partial charge in [-0.05, 0) is 12.5 Å². The molecule has 2 amide bonds. The molecule has 1 spiro atoms. The third-order valence-corrected chi connectivity index (χ3v) is 6.22. The number of unbranched alkanes of at least 4 members (excludes halogenated alkanes) is 1. The van der Waals surface area contributed by atoms with Crippen molar-refractivity contribution in [2.24, 2.45) is 0 Å². The molecule has 0 saturated carbocycles. The maximum absolute atomic E-state index is 14.0. The smallest absolute Gasteiger partial charge is 0.288 e. The van der Waals surface area contributed by atoms with Crippen molar-refractivity contribution >= 4 is 11.8 Å². The fraction of sp³-hybridized carbons (Fsp3) is 0.458. The Morgan fingerprint density at radius 1 is 1.26 bits per heavy atom. The molecule has 35 heavy (non-hydrogen) atoms. The molecule has 0 atom stereocenters. The zero-order valence-corrected chi connectivity index (χ0v) is 19.9. The number of nitrogens with one attached hydrogen (secondary N) is 1. The Hall–Kier alpha value is -3.31. The molecule has 9 nitrogen and oxygen atoms in total. The van der Waals surface area contributed by atoms with Crippen LogP contribution in [0.5, 0.6) is 5.75 Å². The molecule has 3 heterocycles. The predicted octanol–water partition coefficient (Wildman–Crippen LogP) is 1.89. The number of carbonyl (C=O) groups excluding carboxylic acids is 2. The third-order valence-electron chi connectivity index (χ3n) is 6.22. The minimum atomic E-state index is -0.809. The Labute approximate surface area is 201 Å². The summed E-state index contributed by atoms with van der Waals surface area (Å²) in [6.45, 7) is 2.78. The van der Waals surface area contributed by atoms with Crippen LogP contribution in [0.25, 0.3) is 0 Å². The molecule has 11 heteroatoms. The van der Waals surface area contributed by atoms with Crippen molar-refractivity contribution in [2.75, 3.05) is 40.5 Å². The van der Waals surface area contributed by atoms with Crippen LogP contribution in [0.3, 0.4) is 0 Å². The number of pyridine rings is 1. The summed E-state index contributed by atoms with van der Waals surface area (Å²) in [6.07, 6.45) is 2.82. The Morgan fingerprint density at radius 3 is 2.60 bits per heavy atom. The summed E-state index contributed by atoms with van der Waals surface area (Å²) >= 11 is 0. The summed E-state index contributed by atoms with van der Waals surface area (Å²) in [7, 11) is 3.46. The van der Waals surface area contributed by atoms with Crippen molar-refractivity contribution < 1.29 is 27.8 Å². The second-order valence-electron chi connectivity index (χ2n) is 8.97. The van der Waals surface area contributed by atoms with Crippen LogP contribution in [0.1, 0.15) is 46.2 Å². The van der Waals surface area contributed by atoms with E-state index in [1.807, 2.05) is 6.92 Å². The fourth-order valence-corrected chi connectivity index (χ4v) is 4.16. The van der Waals surface area contributed by atoms with E-state index >= 15 is 0 Å². The number of carbonyl (C=O) groups is 2. The summed E-state index contributed by atoms with van der Waals surface area (Å²) in [4.78, 5) is 39.8. The van der Waals surface area contributed by atoms with Gasteiger partial charge in [-0.3, -0.25) is 19.4 Å². The number of hydrogen-bond acceptors (Lipinski definition) is 6. The molecule has 0 unspecified atom stereocenters. The van der Waals surface area contributed by atoms with E-state index in [1.54, 1.807) is 23.7 Å². The number of amides is 2. The monoisotopic (exact) mass is 490 g/mol. The van der Waals surface area contributed by atoms with Crippen molar-refractivity contribution in [1.82, 2.24) is 19.9 Å². The van der Waals surface area contributed by atoms with Crippen LogP contribution in [0.2, 0.25) is 0 Å². The van der Waals surface area contributed by atoms with Crippen LogP contribution < -0.4 is 15.5 Å². The molecular formula is C24H28F2N4O5. The Bertz CT molecular complexity index is 1210. The minimum absolute atomic E-state index is 0.0653. The number of rotatable bonds is 8. The minimum Gasteiger partial charge on any atom is -0.487 e.